The van der Waals surface area contributed by atoms with E-state index in [0.29, 0.717) is 5.69 Å². The monoisotopic (exact) mass is 226 g/mol. The Labute approximate surface area is 84.6 Å². The summed E-state index contributed by atoms with van der Waals surface area (Å²) < 4.78 is 3.22. The Bertz CT molecular complexity index is 274. The van der Waals surface area contributed by atoms with Crippen molar-refractivity contribution in [1.82, 2.24) is 9.97 Å². The molecule has 0 aliphatic rings. The highest BCUT2D eigenvalue weighted by Crippen LogP contribution is 2.36. The van der Waals surface area contributed by atoms with Gasteiger partial charge in [0.05, 0.1) is 12.8 Å². The van der Waals surface area contributed by atoms with E-state index >= 15 is 0 Å². The molecule has 0 radical (unpaired) electrons. The maximum atomic E-state index is 5.57. The number of alkyl halides is 3. The third kappa shape index (κ3) is 2.37. The molecular formula is C6H5Cl3N2O. The highest BCUT2D eigenvalue weighted by atomic mass is 35.6. The normalized spacial score (nSPS) is 11.3. The van der Waals surface area contributed by atoms with Crippen LogP contribution in [0.5, 0.6) is 6.01 Å². The van der Waals surface area contributed by atoms with Crippen LogP contribution in [0.3, 0.4) is 0 Å². The second kappa shape index (κ2) is 3.64. The van der Waals surface area contributed by atoms with Gasteiger partial charge >= 0.3 is 6.01 Å². The molecule has 0 saturated carbocycles. The van der Waals surface area contributed by atoms with E-state index in [4.69, 9.17) is 39.5 Å². The molecule has 0 saturated heterocycles. The second-order valence-electron chi connectivity index (χ2n) is 1.93. The van der Waals surface area contributed by atoms with Crippen LogP contribution in [0, 0.1) is 0 Å². The molecule has 0 aliphatic heterocycles. The van der Waals surface area contributed by atoms with Gasteiger partial charge in [0.1, 0.15) is 0 Å². The summed E-state index contributed by atoms with van der Waals surface area (Å²) in [5, 5.41) is 0. The minimum Gasteiger partial charge on any atom is -0.467 e. The summed E-state index contributed by atoms with van der Waals surface area (Å²) in [6, 6.07) is 1.69. The Morgan fingerprint density at radius 1 is 1.42 bits per heavy atom. The first-order valence-corrected chi connectivity index (χ1v) is 4.11. The van der Waals surface area contributed by atoms with Gasteiger partial charge in [0.25, 0.3) is 0 Å². The topological polar surface area (TPSA) is 35.0 Å². The minimum absolute atomic E-state index is 0.179. The van der Waals surface area contributed by atoms with Crippen LogP contribution in [-0.2, 0) is 3.79 Å². The summed E-state index contributed by atoms with van der Waals surface area (Å²) in [6.45, 7) is 0. The van der Waals surface area contributed by atoms with E-state index in [1.54, 1.807) is 0 Å². The average Bonchev–Trinajstić information content (AvgIpc) is 2.03. The lowest BCUT2D eigenvalue weighted by Gasteiger charge is -2.09. The molecule has 0 aromatic carbocycles. The van der Waals surface area contributed by atoms with E-state index in [0.717, 1.165) is 0 Å². The predicted octanol–water partition coefficient (Wildman–Crippen LogP) is 2.31. The fourth-order valence-corrected chi connectivity index (χ4v) is 0.913. The Morgan fingerprint density at radius 3 is 2.58 bits per heavy atom. The van der Waals surface area contributed by atoms with Gasteiger partial charge in [-0.3, -0.25) is 0 Å². The lowest BCUT2D eigenvalue weighted by Crippen LogP contribution is -2.05. The van der Waals surface area contributed by atoms with Crippen molar-refractivity contribution in [2.45, 2.75) is 3.79 Å². The number of aromatic nitrogens is 2. The van der Waals surface area contributed by atoms with Crippen LogP contribution in [0.15, 0.2) is 12.3 Å². The summed E-state index contributed by atoms with van der Waals surface area (Å²) >= 11 is 16.7. The average molecular weight is 227 g/mol. The highest BCUT2D eigenvalue weighted by molar-refractivity contribution is 6.66. The van der Waals surface area contributed by atoms with Crippen LogP contribution < -0.4 is 4.74 Å². The standard InChI is InChI=1S/C6H5Cl3N2O/c1-12-5-10-3-2-4(11-5)6(7,8)9/h2-3H,1H3. The van der Waals surface area contributed by atoms with Crippen molar-refractivity contribution in [1.29, 1.82) is 0 Å². The number of nitrogens with zero attached hydrogens (tertiary/aromatic N) is 2. The first kappa shape index (κ1) is 9.84. The van der Waals surface area contributed by atoms with Crippen molar-refractivity contribution in [2.75, 3.05) is 7.11 Å². The van der Waals surface area contributed by atoms with Crippen molar-refractivity contribution in [3.63, 3.8) is 0 Å². The lowest BCUT2D eigenvalue weighted by atomic mass is 10.4. The van der Waals surface area contributed by atoms with E-state index in [-0.39, 0.29) is 6.01 Å². The third-order valence-electron chi connectivity index (χ3n) is 1.11. The number of ether oxygens (including phenoxy) is 1. The molecule has 0 N–H and O–H groups in total. The van der Waals surface area contributed by atoms with Gasteiger partial charge in [-0.05, 0) is 6.07 Å². The summed E-state index contributed by atoms with van der Waals surface area (Å²) in [5.41, 5.74) is 0.291. The Hall–Kier alpha value is -0.250. The van der Waals surface area contributed by atoms with Crippen molar-refractivity contribution < 1.29 is 4.74 Å². The number of rotatable bonds is 1. The minimum atomic E-state index is -1.53. The maximum Gasteiger partial charge on any atom is 0.316 e. The molecule has 0 atom stereocenters. The zero-order chi connectivity index (χ0) is 9.19. The quantitative estimate of drug-likeness (QED) is 0.691. The molecule has 6 heteroatoms. The molecule has 0 amide bonds. The van der Waals surface area contributed by atoms with E-state index in [1.165, 1.54) is 19.4 Å². The molecule has 0 fully saturated rings. The number of hydrogen-bond donors (Lipinski definition) is 0. The largest absolute Gasteiger partial charge is 0.467 e. The van der Waals surface area contributed by atoms with Crippen molar-refractivity contribution in [2.24, 2.45) is 0 Å². The molecule has 12 heavy (non-hydrogen) atoms. The molecule has 1 aromatic heterocycles. The highest BCUT2D eigenvalue weighted by Gasteiger charge is 2.25. The number of hydrogen-bond acceptors (Lipinski definition) is 3. The van der Waals surface area contributed by atoms with E-state index in [2.05, 4.69) is 9.97 Å². The molecule has 66 valence electrons. The molecule has 3 nitrogen and oxygen atoms in total. The van der Waals surface area contributed by atoms with Gasteiger partial charge in [0, 0.05) is 6.20 Å². The van der Waals surface area contributed by atoms with E-state index < -0.39 is 3.79 Å². The van der Waals surface area contributed by atoms with Gasteiger partial charge in [-0.2, -0.15) is 4.98 Å². The molecule has 0 bridgehead atoms. The Balaban J connectivity index is 3.02. The summed E-state index contributed by atoms with van der Waals surface area (Å²) in [6.07, 6.45) is 1.46. The van der Waals surface area contributed by atoms with Gasteiger partial charge < -0.3 is 4.74 Å². The lowest BCUT2D eigenvalue weighted by molar-refractivity contribution is 0.378. The Kier molecular flexibility index (Phi) is 2.99. The van der Waals surface area contributed by atoms with Crippen molar-refractivity contribution >= 4 is 34.8 Å². The third-order valence-corrected chi connectivity index (χ3v) is 1.69. The van der Waals surface area contributed by atoms with Crippen LogP contribution >= 0.6 is 34.8 Å². The molecule has 0 spiro atoms. The van der Waals surface area contributed by atoms with Crippen molar-refractivity contribution in [3.8, 4) is 6.01 Å². The first-order valence-electron chi connectivity index (χ1n) is 2.98. The molecule has 1 rings (SSSR count). The predicted molar refractivity (Wildman–Crippen MR) is 47.8 cm³/mol. The zero-order valence-corrected chi connectivity index (χ0v) is 8.36. The van der Waals surface area contributed by atoms with Crippen LogP contribution in [0.1, 0.15) is 5.69 Å². The SMILES string of the molecule is COc1nccc(C(Cl)(Cl)Cl)n1. The second-order valence-corrected chi connectivity index (χ2v) is 4.21. The van der Waals surface area contributed by atoms with Crippen LogP contribution in [0.4, 0.5) is 0 Å². The van der Waals surface area contributed by atoms with Crippen LogP contribution in [0.2, 0.25) is 0 Å². The van der Waals surface area contributed by atoms with Crippen LogP contribution in [-0.4, -0.2) is 17.1 Å². The summed E-state index contributed by atoms with van der Waals surface area (Å²) in [7, 11) is 1.44. The fourth-order valence-electron chi connectivity index (χ4n) is 0.597. The maximum absolute atomic E-state index is 5.57. The summed E-state index contributed by atoms with van der Waals surface area (Å²) in [5.74, 6) is 0. The van der Waals surface area contributed by atoms with Gasteiger partial charge in [0.2, 0.25) is 3.79 Å². The first-order chi connectivity index (χ1) is 5.54. The molecule has 0 aliphatic carbocycles. The van der Waals surface area contributed by atoms with Crippen LogP contribution in [0.25, 0.3) is 0 Å². The van der Waals surface area contributed by atoms with E-state index in [1.807, 2.05) is 0 Å². The Morgan fingerprint density at radius 2 is 2.08 bits per heavy atom. The smallest absolute Gasteiger partial charge is 0.316 e. The van der Waals surface area contributed by atoms with E-state index in [9.17, 15) is 0 Å². The summed E-state index contributed by atoms with van der Waals surface area (Å²) in [4.78, 5) is 7.60. The molecule has 0 unspecified atom stereocenters. The van der Waals surface area contributed by atoms with Gasteiger partial charge in [-0.25, -0.2) is 4.98 Å². The van der Waals surface area contributed by atoms with Gasteiger partial charge in [-0.1, -0.05) is 34.8 Å². The number of halogens is 3. The molecular weight excluding hydrogens is 222 g/mol. The number of methoxy groups -OCH3 is 1. The molecule has 1 aromatic rings. The van der Waals surface area contributed by atoms with Gasteiger partial charge in [0.15, 0.2) is 0 Å². The van der Waals surface area contributed by atoms with Crippen molar-refractivity contribution in [3.05, 3.63) is 18.0 Å². The van der Waals surface area contributed by atoms with Gasteiger partial charge in [-0.15, -0.1) is 0 Å². The fraction of sp³-hybridized carbons (Fsp3) is 0.333. The zero-order valence-electron chi connectivity index (χ0n) is 6.09. The molecule has 1 heterocycles.